The van der Waals surface area contributed by atoms with E-state index in [1.54, 1.807) is 0 Å². The lowest BCUT2D eigenvalue weighted by molar-refractivity contribution is -0.888. The van der Waals surface area contributed by atoms with Gasteiger partial charge in [-0.15, -0.1) is 0 Å². The van der Waals surface area contributed by atoms with E-state index in [1.165, 1.54) is 0 Å². The minimum absolute atomic E-state index is 0. The molecule has 0 N–H and O–H groups in total. The van der Waals surface area contributed by atoms with Crippen LogP contribution < -0.4 is 24.0 Å². The highest BCUT2D eigenvalue weighted by Gasteiger charge is 2.23. The second-order valence-electron chi connectivity index (χ2n) is 4.69. The topological polar surface area (TPSA) is 0 Å². The van der Waals surface area contributed by atoms with Crippen molar-refractivity contribution in [3.63, 3.8) is 0 Å². The van der Waals surface area contributed by atoms with Crippen LogP contribution in [0.25, 0.3) is 0 Å². The van der Waals surface area contributed by atoms with Crippen molar-refractivity contribution >= 4 is 23.2 Å². The Morgan fingerprint density at radius 3 is 2.33 bits per heavy atom. The molecule has 0 aromatic heterocycles. The van der Waals surface area contributed by atoms with Crippen molar-refractivity contribution in [2.24, 2.45) is 0 Å². The van der Waals surface area contributed by atoms with E-state index in [4.69, 9.17) is 23.2 Å². The Hall–Kier alpha value is 0.750. The molecule has 0 amide bonds. The highest BCUT2D eigenvalue weighted by atomic mass is 127. The van der Waals surface area contributed by atoms with Gasteiger partial charge in [-0.2, -0.15) is 0 Å². The molecule has 0 saturated heterocycles. The molecule has 15 heavy (non-hydrogen) atoms. The van der Waals surface area contributed by atoms with Gasteiger partial charge in [-0.25, -0.2) is 0 Å². The molecular formula is C11H18Cl2IN. The van der Waals surface area contributed by atoms with Gasteiger partial charge in [0.25, 0.3) is 0 Å². The van der Waals surface area contributed by atoms with E-state index in [1.807, 2.05) is 0 Å². The molecule has 0 saturated carbocycles. The monoisotopic (exact) mass is 361 g/mol. The van der Waals surface area contributed by atoms with Crippen LogP contribution in [-0.4, -0.2) is 31.7 Å². The molecular weight excluding hydrogens is 344 g/mol. The Morgan fingerprint density at radius 2 is 1.80 bits per heavy atom. The van der Waals surface area contributed by atoms with Crippen LogP contribution >= 0.6 is 23.2 Å². The first-order chi connectivity index (χ1) is 6.39. The standard InChI is InChI=1S/C11H18Cl2N.HI/c1-14(2,3)11-7-9(12)5-4-6-10(13)8-11;/h5,8,11H,4,6-7H2,1-3H3;1H/q+1;/p-1/b9-5+,10-8+;. The van der Waals surface area contributed by atoms with Crippen molar-refractivity contribution in [2.45, 2.75) is 25.3 Å². The normalized spacial score (nSPS) is 30.1. The Labute approximate surface area is 120 Å². The number of rotatable bonds is 1. The molecule has 1 atom stereocenters. The first-order valence-electron chi connectivity index (χ1n) is 4.91. The zero-order valence-corrected chi connectivity index (χ0v) is 13.1. The highest BCUT2D eigenvalue weighted by molar-refractivity contribution is 6.30. The fourth-order valence-corrected chi connectivity index (χ4v) is 2.02. The molecule has 1 nitrogen and oxygen atoms in total. The van der Waals surface area contributed by atoms with Gasteiger partial charge in [-0.1, -0.05) is 29.3 Å². The predicted octanol–water partition coefficient (Wildman–Crippen LogP) is 0.494. The molecule has 0 fully saturated rings. The molecule has 0 heterocycles. The lowest BCUT2D eigenvalue weighted by Crippen LogP contribution is -3.00. The molecule has 88 valence electrons. The van der Waals surface area contributed by atoms with Gasteiger partial charge >= 0.3 is 0 Å². The fraction of sp³-hybridized carbons (Fsp3) is 0.636. The average molecular weight is 362 g/mol. The number of allylic oxidation sites excluding steroid dienone is 2. The third-order valence-corrected chi connectivity index (χ3v) is 3.14. The van der Waals surface area contributed by atoms with Gasteiger partial charge in [0.2, 0.25) is 0 Å². The van der Waals surface area contributed by atoms with Crippen molar-refractivity contribution in [2.75, 3.05) is 21.1 Å². The summed E-state index contributed by atoms with van der Waals surface area (Å²) in [6.45, 7) is 0. The van der Waals surface area contributed by atoms with Crippen LogP contribution in [0.2, 0.25) is 0 Å². The van der Waals surface area contributed by atoms with Crippen molar-refractivity contribution in [3.8, 4) is 0 Å². The van der Waals surface area contributed by atoms with Crippen LogP contribution in [0.5, 0.6) is 0 Å². The average Bonchev–Trinajstić information content (AvgIpc) is 1.98. The van der Waals surface area contributed by atoms with Gasteiger partial charge < -0.3 is 28.5 Å². The highest BCUT2D eigenvalue weighted by Crippen LogP contribution is 2.25. The number of quaternary nitrogens is 1. The number of nitrogens with zero attached hydrogens (tertiary/aromatic N) is 1. The smallest absolute Gasteiger partial charge is 0.113 e. The number of hydrogen-bond donors (Lipinski definition) is 0. The predicted molar refractivity (Wildman–Crippen MR) is 63.5 cm³/mol. The van der Waals surface area contributed by atoms with E-state index >= 15 is 0 Å². The van der Waals surface area contributed by atoms with E-state index in [0.29, 0.717) is 6.04 Å². The van der Waals surface area contributed by atoms with Gasteiger partial charge in [-0.05, 0) is 18.9 Å². The second-order valence-corrected chi connectivity index (χ2v) is 5.66. The molecule has 0 aliphatic heterocycles. The molecule has 0 radical (unpaired) electrons. The first kappa shape index (κ1) is 15.8. The number of halogens is 3. The maximum absolute atomic E-state index is 6.12. The van der Waals surface area contributed by atoms with Gasteiger partial charge in [0.15, 0.2) is 0 Å². The SMILES string of the molecule is C[N+](C)(C)C1/C=C(/Cl)CC/C=C(/Cl)C1.[I-]. The van der Waals surface area contributed by atoms with Crippen LogP contribution in [0.3, 0.4) is 0 Å². The minimum atomic E-state index is 0. The molecule has 4 heteroatoms. The number of hydrogen-bond acceptors (Lipinski definition) is 0. The Bertz CT molecular complexity index is 266. The van der Waals surface area contributed by atoms with Crippen LogP contribution in [0.4, 0.5) is 0 Å². The van der Waals surface area contributed by atoms with Gasteiger partial charge in [0, 0.05) is 16.5 Å². The van der Waals surface area contributed by atoms with Gasteiger partial charge in [0.1, 0.15) is 6.04 Å². The lowest BCUT2D eigenvalue weighted by atomic mass is 10.1. The quantitative estimate of drug-likeness (QED) is 0.471. The van der Waals surface area contributed by atoms with Crippen LogP contribution in [0.15, 0.2) is 22.2 Å². The van der Waals surface area contributed by atoms with E-state index in [0.717, 1.165) is 33.8 Å². The van der Waals surface area contributed by atoms with Crippen molar-refractivity contribution in [1.29, 1.82) is 0 Å². The van der Waals surface area contributed by atoms with Crippen molar-refractivity contribution < 1.29 is 28.5 Å². The summed E-state index contributed by atoms with van der Waals surface area (Å²) in [5.74, 6) is 0. The van der Waals surface area contributed by atoms with Gasteiger partial charge in [-0.3, -0.25) is 0 Å². The minimum Gasteiger partial charge on any atom is -1.00 e. The number of likely N-dealkylation sites (N-methyl/N-ethyl adjacent to an activating group) is 1. The summed E-state index contributed by atoms with van der Waals surface area (Å²) in [7, 11) is 6.49. The van der Waals surface area contributed by atoms with E-state index in [-0.39, 0.29) is 24.0 Å². The zero-order valence-electron chi connectivity index (χ0n) is 9.43. The summed E-state index contributed by atoms with van der Waals surface area (Å²) in [6, 6.07) is 0.381. The third kappa shape index (κ3) is 5.57. The third-order valence-electron chi connectivity index (χ3n) is 2.52. The largest absolute Gasteiger partial charge is 1.00 e. The van der Waals surface area contributed by atoms with Crippen molar-refractivity contribution in [3.05, 3.63) is 22.2 Å². The van der Waals surface area contributed by atoms with E-state index in [9.17, 15) is 0 Å². The summed E-state index contributed by atoms with van der Waals surface area (Å²) in [5, 5.41) is 1.92. The van der Waals surface area contributed by atoms with Crippen LogP contribution in [0.1, 0.15) is 19.3 Å². The van der Waals surface area contributed by atoms with Gasteiger partial charge in [0.05, 0.1) is 21.1 Å². The van der Waals surface area contributed by atoms with Crippen LogP contribution in [0, 0.1) is 0 Å². The summed E-state index contributed by atoms with van der Waals surface area (Å²) in [6.07, 6.45) is 6.99. The molecule has 0 spiro atoms. The lowest BCUT2D eigenvalue weighted by Gasteiger charge is -2.33. The van der Waals surface area contributed by atoms with Crippen molar-refractivity contribution in [1.82, 2.24) is 0 Å². The van der Waals surface area contributed by atoms with E-state index in [2.05, 4.69) is 33.3 Å². The summed E-state index contributed by atoms with van der Waals surface area (Å²) in [5.41, 5.74) is 0. The Kier molecular flexibility index (Phi) is 6.80. The molecule has 0 aromatic rings. The first-order valence-corrected chi connectivity index (χ1v) is 5.67. The van der Waals surface area contributed by atoms with E-state index < -0.39 is 0 Å². The molecule has 1 unspecified atom stereocenters. The Balaban J connectivity index is 0.00000196. The molecule has 1 aliphatic rings. The summed E-state index contributed by atoms with van der Waals surface area (Å²) >= 11 is 12.2. The molecule has 0 bridgehead atoms. The molecule has 1 rings (SSSR count). The second kappa shape index (κ2) is 6.48. The zero-order chi connectivity index (χ0) is 10.8. The molecule has 1 aliphatic carbocycles. The van der Waals surface area contributed by atoms with Crippen LogP contribution in [-0.2, 0) is 0 Å². The Morgan fingerprint density at radius 1 is 1.20 bits per heavy atom. The summed E-state index contributed by atoms with van der Waals surface area (Å²) in [4.78, 5) is 0. The fourth-order valence-electron chi connectivity index (χ4n) is 1.50. The molecule has 0 aromatic carbocycles. The summed E-state index contributed by atoms with van der Waals surface area (Å²) < 4.78 is 0.861. The maximum atomic E-state index is 6.12. The maximum Gasteiger partial charge on any atom is 0.113 e.